The molecule has 1 saturated heterocycles. The molecular weight excluding hydrogens is 494 g/mol. The Morgan fingerprint density at radius 2 is 1.85 bits per heavy atom. The third kappa shape index (κ3) is 7.22. The van der Waals surface area contributed by atoms with E-state index in [0.29, 0.717) is 58.5 Å². The molecule has 34 heavy (non-hydrogen) atoms. The van der Waals surface area contributed by atoms with Crippen LogP contribution in [0.5, 0.6) is 11.5 Å². The molecule has 1 aliphatic rings. The molecule has 0 bridgehead atoms. The molecule has 0 aromatic heterocycles. The van der Waals surface area contributed by atoms with Gasteiger partial charge in [-0.05, 0) is 61.7 Å². The minimum absolute atomic E-state index is 0.167. The standard InChI is InChI=1S/C25H26ClNO5S2/c1-3-30-21-14-18(9-12-20(21)32-16-17-7-10-19(26)11-8-17)15-22-24(29)27(25(33)34-22)13-5-6-23(28)31-4-2/h7-12,14-15H,3-6,13,16H2,1-2H3/b22-15-. The largest absolute Gasteiger partial charge is 0.490 e. The number of hydrogen-bond donors (Lipinski definition) is 0. The van der Waals surface area contributed by atoms with Gasteiger partial charge in [0, 0.05) is 18.0 Å². The van der Waals surface area contributed by atoms with Crippen LogP contribution >= 0.6 is 35.6 Å². The Morgan fingerprint density at radius 1 is 1.09 bits per heavy atom. The van der Waals surface area contributed by atoms with Gasteiger partial charge in [-0.15, -0.1) is 0 Å². The Kier molecular flexibility index (Phi) is 9.80. The molecule has 6 nitrogen and oxygen atoms in total. The first-order valence-electron chi connectivity index (χ1n) is 11.0. The number of carbonyl (C=O) groups excluding carboxylic acids is 2. The fourth-order valence-electron chi connectivity index (χ4n) is 3.20. The van der Waals surface area contributed by atoms with E-state index in [-0.39, 0.29) is 18.3 Å². The average molecular weight is 520 g/mol. The van der Waals surface area contributed by atoms with E-state index in [4.69, 9.17) is 38.0 Å². The monoisotopic (exact) mass is 519 g/mol. The Morgan fingerprint density at radius 3 is 2.56 bits per heavy atom. The summed E-state index contributed by atoms with van der Waals surface area (Å²) in [5, 5.41) is 0.674. The highest BCUT2D eigenvalue weighted by atomic mass is 35.5. The number of amides is 1. The molecule has 9 heteroatoms. The van der Waals surface area contributed by atoms with Gasteiger partial charge in [-0.1, -0.05) is 53.8 Å². The van der Waals surface area contributed by atoms with E-state index in [9.17, 15) is 9.59 Å². The molecular formula is C25H26ClNO5S2. The van der Waals surface area contributed by atoms with Gasteiger partial charge in [0.05, 0.1) is 18.1 Å². The fraction of sp³-hybridized carbons (Fsp3) is 0.320. The van der Waals surface area contributed by atoms with E-state index < -0.39 is 0 Å². The van der Waals surface area contributed by atoms with Crippen LogP contribution in [0.2, 0.25) is 5.02 Å². The van der Waals surface area contributed by atoms with Gasteiger partial charge in [0.2, 0.25) is 0 Å². The predicted molar refractivity (Wildman–Crippen MR) is 139 cm³/mol. The number of carbonyl (C=O) groups is 2. The van der Waals surface area contributed by atoms with Gasteiger partial charge in [-0.2, -0.15) is 0 Å². The maximum absolute atomic E-state index is 12.9. The van der Waals surface area contributed by atoms with Gasteiger partial charge in [0.25, 0.3) is 5.91 Å². The number of nitrogens with zero attached hydrogens (tertiary/aromatic N) is 1. The van der Waals surface area contributed by atoms with Gasteiger partial charge in [0.1, 0.15) is 10.9 Å². The van der Waals surface area contributed by atoms with Crippen LogP contribution < -0.4 is 9.47 Å². The molecule has 0 aliphatic carbocycles. The number of benzene rings is 2. The number of rotatable bonds is 11. The number of thioether (sulfide) groups is 1. The first-order valence-corrected chi connectivity index (χ1v) is 12.6. The van der Waals surface area contributed by atoms with Gasteiger partial charge in [-0.3, -0.25) is 14.5 Å². The van der Waals surface area contributed by atoms with E-state index in [1.807, 2.05) is 49.4 Å². The lowest BCUT2D eigenvalue weighted by Crippen LogP contribution is -2.29. The predicted octanol–water partition coefficient (Wildman–Crippen LogP) is 5.86. The zero-order chi connectivity index (χ0) is 24.5. The van der Waals surface area contributed by atoms with Crippen LogP contribution in [-0.2, 0) is 20.9 Å². The SMILES string of the molecule is CCOC(=O)CCCN1C(=O)/C(=C/c2ccc(OCc3ccc(Cl)cc3)c(OCC)c2)SC1=S. The zero-order valence-corrected chi connectivity index (χ0v) is 21.4. The van der Waals surface area contributed by atoms with Crippen LogP contribution in [0.15, 0.2) is 47.4 Å². The molecule has 1 fully saturated rings. The second kappa shape index (κ2) is 12.8. The minimum atomic E-state index is -0.273. The number of thiocarbonyl (C=S) groups is 1. The summed E-state index contributed by atoms with van der Waals surface area (Å²) >= 11 is 12.6. The number of esters is 1. The summed E-state index contributed by atoms with van der Waals surface area (Å²) in [6.07, 6.45) is 2.53. The smallest absolute Gasteiger partial charge is 0.305 e. The van der Waals surface area contributed by atoms with Gasteiger partial charge >= 0.3 is 5.97 Å². The third-order valence-corrected chi connectivity index (χ3v) is 6.44. The minimum Gasteiger partial charge on any atom is -0.490 e. The first kappa shape index (κ1) is 26.1. The Hall–Kier alpha value is -2.55. The number of halogens is 1. The Labute approximate surface area is 214 Å². The Balaban J connectivity index is 1.67. The van der Waals surface area contributed by atoms with Crippen molar-refractivity contribution in [1.82, 2.24) is 4.90 Å². The maximum Gasteiger partial charge on any atom is 0.305 e. The topological polar surface area (TPSA) is 65.1 Å². The van der Waals surface area contributed by atoms with Gasteiger partial charge < -0.3 is 14.2 Å². The molecule has 2 aromatic rings. The molecule has 0 N–H and O–H groups in total. The van der Waals surface area contributed by atoms with Crippen molar-refractivity contribution in [2.75, 3.05) is 19.8 Å². The molecule has 0 atom stereocenters. The van der Waals surface area contributed by atoms with E-state index >= 15 is 0 Å². The van der Waals surface area contributed by atoms with Gasteiger partial charge in [-0.25, -0.2) is 0 Å². The second-order valence-corrected chi connectivity index (χ2v) is 9.41. The van der Waals surface area contributed by atoms with Crippen LogP contribution in [0.3, 0.4) is 0 Å². The van der Waals surface area contributed by atoms with E-state index in [1.165, 1.54) is 16.7 Å². The fourth-order valence-corrected chi connectivity index (χ4v) is 4.64. The lowest BCUT2D eigenvalue weighted by atomic mass is 10.1. The molecule has 0 spiro atoms. The Bertz CT molecular complexity index is 1070. The second-order valence-electron chi connectivity index (χ2n) is 7.30. The van der Waals surface area contributed by atoms with Gasteiger partial charge in [0.15, 0.2) is 11.5 Å². The summed E-state index contributed by atoms with van der Waals surface area (Å²) < 4.78 is 17.1. The van der Waals surface area contributed by atoms with Crippen LogP contribution in [-0.4, -0.2) is 40.9 Å². The molecule has 3 rings (SSSR count). The van der Waals surface area contributed by atoms with Crippen molar-refractivity contribution in [3.05, 3.63) is 63.5 Å². The quantitative estimate of drug-likeness (QED) is 0.209. The highest BCUT2D eigenvalue weighted by Crippen LogP contribution is 2.35. The van der Waals surface area contributed by atoms with Crippen molar-refractivity contribution >= 4 is 57.9 Å². The summed E-state index contributed by atoms with van der Waals surface area (Å²) in [6, 6.07) is 13.0. The van der Waals surface area contributed by atoms with Crippen molar-refractivity contribution in [2.45, 2.75) is 33.3 Å². The molecule has 0 radical (unpaired) electrons. The summed E-state index contributed by atoms with van der Waals surface area (Å²) in [7, 11) is 0. The van der Waals surface area contributed by atoms with E-state index in [2.05, 4.69) is 0 Å². The highest BCUT2D eigenvalue weighted by molar-refractivity contribution is 8.26. The van der Waals surface area contributed by atoms with Crippen LogP contribution in [0, 0.1) is 0 Å². The molecule has 0 saturated carbocycles. The summed E-state index contributed by atoms with van der Waals surface area (Å²) in [4.78, 5) is 26.4. The normalized spacial score (nSPS) is 14.6. The lowest BCUT2D eigenvalue weighted by molar-refractivity contribution is -0.143. The first-order chi connectivity index (χ1) is 16.4. The van der Waals surface area contributed by atoms with Crippen LogP contribution in [0.4, 0.5) is 0 Å². The summed E-state index contributed by atoms with van der Waals surface area (Å²) in [5.41, 5.74) is 1.79. The number of hydrogen-bond acceptors (Lipinski definition) is 7. The van der Waals surface area contributed by atoms with Crippen LogP contribution in [0.25, 0.3) is 6.08 Å². The van der Waals surface area contributed by atoms with Crippen molar-refractivity contribution in [3.8, 4) is 11.5 Å². The third-order valence-electron chi connectivity index (χ3n) is 4.81. The summed E-state index contributed by atoms with van der Waals surface area (Å²) in [5.74, 6) is 0.765. The maximum atomic E-state index is 12.9. The molecule has 180 valence electrons. The lowest BCUT2D eigenvalue weighted by Gasteiger charge is -2.14. The molecule has 1 aliphatic heterocycles. The molecule has 1 heterocycles. The summed E-state index contributed by atoms with van der Waals surface area (Å²) in [6.45, 7) is 5.24. The van der Waals surface area contributed by atoms with Crippen LogP contribution in [0.1, 0.15) is 37.8 Å². The van der Waals surface area contributed by atoms with Crippen molar-refractivity contribution < 1.29 is 23.8 Å². The highest BCUT2D eigenvalue weighted by Gasteiger charge is 2.31. The average Bonchev–Trinajstić information content (AvgIpc) is 3.07. The molecule has 0 unspecified atom stereocenters. The van der Waals surface area contributed by atoms with E-state index in [0.717, 1.165) is 11.1 Å². The number of ether oxygens (including phenoxy) is 3. The van der Waals surface area contributed by atoms with Crippen molar-refractivity contribution in [3.63, 3.8) is 0 Å². The van der Waals surface area contributed by atoms with E-state index in [1.54, 1.807) is 13.0 Å². The van der Waals surface area contributed by atoms with Crippen molar-refractivity contribution in [1.29, 1.82) is 0 Å². The zero-order valence-electron chi connectivity index (χ0n) is 19.0. The van der Waals surface area contributed by atoms with Crippen molar-refractivity contribution in [2.24, 2.45) is 0 Å². The molecule has 2 aromatic carbocycles. The molecule has 1 amide bonds.